The summed E-state index contributed by atoms with van der Waals surface area (Å²) in [7, 11) is 0. The van der Waals surface area contributed by atoms with Crippen LogP contribution in [0.4, 0.5) is 5.69 Å². The van der Waals surface area contributed by atoms with Crippen LogP contribution in [-0.4, -0.2) is 30.1 Å². The van der Waals surface area contributed by atoms with Crippen molar-refractivity contribution >= 4 is 23.4 Å². The van der Waals surface area contributed by atoms with E-state index >= 15 is 0 Å². The highest BCUT2D eigenvalue weighted by molar-refractivity contribution is 8.00. The van der Waals surface area contributed by atoms with Crippen molar-refractivity contribution in [2.24, 2.45) is 0 Å². The van der Waals surface area contributed by atoms with Crippen molar-refractivity contribution in [1.29, 1.82) is 0 Å². The Morgan fingerprint density at radius 2 is 2.19 bits per heavy atom. The molecule has 1 saturated carbocycles. The molecule has 1 fully saturated rings. The molecule has 0 heterocycles. The van der Waals surface area contributed by atoms with Crippen molar-refractivity contribution in [2.75, 3.05) is 25.1 Å². The van der Waals surface area contributed by atoms with Gasteiger partial charge in [-0.2, -0.15) is 11.8 Å². The van der Waals surface area contributed by atoms with E-state index in [-0.39, 0.29) is 10.7 Å². The summed E-state index contributed by atoms with van der Waals surface area (Å²) < 4.78 is 5.79. The van der Waals surface area contributed by atoms with Crippen LogP contribution in [0.25, 0.3) is 0 Å². The Balaban J connectivity index is 1.68. The van der Waals surface area contributed by atoms with Gasteiger partial charge in [0.05, 0.1) is 13.0 Å². The number of nitrogen functional groups attached to an aromatic ring is 1. The first-order valence-electron chi connectivity index (χ1n) is 7.44. The molecule has 0 aromatic heterocycles. The van der Waals surface area contributed by atoms with Crippen molar-refractivity contribution in [2.45, 2.75) is 36.9 Å². The number of hydrogen-bond donors (Lipinski definition) is 2. The lowest BCUT2D eigenvalue weighted by molar-refractivity contribution is -0.121. The molecule has 4 nitrogen and oxygen atoms in total. The third kappa shape index (κ3) is 4.84. The van der Waals surface area contributed by atoms with Crippen LogP contribution >= 0.6 is 11.8 Å². The molecule has 1 amide bonds. The lowest BCUT2D eigenvalue weighted by Crippen LogP contribution is -2.38. The molecule has 116 valence electrons. The van der Waals surface area contributed by atoms with Crippen molar-refractivity contribution < 1.29 is 9.53 Å². The number of nitrogens with two attached hydrogens (primary N) is 1. The summed E-state index contributed by atoms with van der Waals surface area (Å²) in [5.74, 6) is 0.762. The number of anilines is 1. The molecule has 1 aliphatic carbocycles. The Hall–Kier alpha value is -1.36. The summed E-state index contributed by atoms with van der Waals surface area (Å²) in [6.07, 6.45) is 7.46. The molecule has 21 heavy (non-hydrogen) atoms. The van der Waals surface area contributed by atoms with Crippen LogP contribution in [0.1, 0.15) is 32.1 Å². The second-order valence-corrected chi connectivity index (χ2v) is 6.82. The maximum Gasteiger partial charge on any atom is 0.223 e. The van der Waals surface area contributed by atoms with Crippen LogP contribution in [0.15, 0.2) is 24.3 Å². The minimum atomic E-state index is 0.0548. The highest BCUT2D eigenvalue weighted by Gasteiger charge is 2.33. The van der Waals surface area contributed by atoms with Crippen LogP contribution in [0.5, 0.6) is 5.75 Å². The summed E-state index contributed by atoms with van der Waals surface area (Å²) in [4.78, 5) is 11.9. The van der Waals surface area contributed by atoms with Gasteiger partial charge >= 0.3 is 0 Å². The maximum absolute atomic E-state index is 11.9. The summed E-state index contributed by atoms with van der Waals surface area (Å²) in [5, 5.41) is 3.05. The molecular formula is C16H24N2O2S. The minimum Gasteiger partial charge on any atom is -0.493 e. The number of carbonyl (C=O) groups excluding carboxylic acids is 1. The molecule has 0 unspecified atom stereocenters. The summed E-state index contributed by atoms with van der Waals surface area (Å²) in [6.45, 7) is 1.15. The van der Waals surface area contributed by atoms with E-state index in [4.69, 9.17) is 10.5 Å². The third-order valence-electron chi connectivity index (χ3n) is 4.01. The first-order valence-corrected chi connectivity index (χ1v) is 8.66. The van der Waals surface area contributed by atoms with Gasteiger partial charge in [-0.1, -0.05) is 18.9 Å². The molecule has 1 aromatic rings. The first-order chi connectivity index (χ1) is 10.1. The maximum atomic E-state index is 11.9. The van der Waals surface area contributed by atoms with Crippen LogP contribution in [0.2, 0.25) is 0 Å². The van der Waals surface area contributed by atoms with Gasteiger partial charge in [-0.15, -0.1) is 0 Å². The molecule has 2 rings (SSSR count). The summed E-state index contributed by atoms with van der Waals surface area (Å²) >= 11 is 1.88. The number of nitrogens with one attached hydrogen (secondary N) is 1. The molecule has 0 bridgehead atoms. The Kier molecular flexibility index (Phi) is 5.79. The number of thioether (sulfide) groups is 1. The molecular weight excluding hydrogens is 284 g/mol. The molecule has 3 N–H and O–H groups in total. The van der Waals surface area contributed by atoms with Gasteiger partial charge in [-0.3, -0.25) is 4.79 Å². The zero-order valence-corrected chi connectivity index (χ0v) is 13.4. The Morgan fingerprint density at radius 3 is 2.86 bits per heavy atom. The molecule has 0 spiro atoms. The fraction of sp³-hybridized carbons (Fsp3) is 0.562. The van der Waals surface area contributed by atoms with E-state index in [1.165, 1.54) is 25.7 Å². The Bertz CT molecular complexity index is 473. The average molecular weight is 308 g/mol. The van der Waals surface area contributed by atoms with Crippen molar-refractivity contribution in [1.82, 2.24) is 5.32 Å². The number of rotatable bonds is 7. The van der Waals surface area contributed by atoms with Crippen LogP contribution in [0, 0.1) is 0 Å². The first kappa shape index (κ1) is 16.0. The number of carbonyl (C=O) groups is 1. The molecule has 1 aliphatic rings. The van der Waals surface area contributed by atoms with Crippen molar-refractivity contribution in [3.8, 4) is 5.75 Å². The molecule has 0 aliphatic heterocycles. The smallest absolute Gasteiger partial charge is 0.223 e. The Labute approximate surface area is 130 Å². The fourth-order valence-electron chi connectivity index (χ4n) is 2.69. The van der Waals surface area contributed by atoms with Gasteiger partial charge in [0, 0.05) is 23.0 Å². The van der Waals surface area contributed by atoms with E-state index in [1.54, 1.807) is 6.07 Å². The lowest BCUT2D eigenvalue weighted by Gasteiger charge is -2.26. The molecule has 5 heteroatoms. The number of ether oxygens (including phenoxy) is 1. The second kappa shape index (κ2) is 7.59. The van der Waals surface area contributed by atoms with E-state index in [0.29, 0.717) is 24.5 Å². The zero-order valence-electron chi connectivity index (χ0n) is 12.6. The van der Waals surface area contributed by atoms with Gasteiger partial charge in [0.25, 0.3) is 0 Å². The summed E-state index contributed by atoms with van der Waals surface area (Å²) in [5.41, 5.74) is 6.34. The van der Waals surface area contributed by atoms with Gasteiger partial charge in [0.1, 0.15) is 5.75 Å². The standard InChI is InChI=1S/C16H24N2O2S/c1-21-16(8-2-3-9-16)12-18-15(19)7-10-20-14-6-4-5-13(17)11-14/h4-6,11H,2-3,7-10,12,17H2,1H3,(H,18,19). The van der Waals surface area contributed by atoms with Crippen LogP contribution in [0.3, 0.4) is 0 Å². The van der Waals surface area contributed by atoms with E-state index < -0.39 is 0 Å². The zero-order chi connectivity index (χ0) is 15.1. The van der Waals surface area contributed by atoms with E-state index in [1.807, 2.05) is 30.0 Å². The molecule has 0 radical (unpaired) electrons. The highest BCUT2D eigenvalue weighted by atomic mass is 32.2. The quantitative estimate of drug-likeness (QED) is 0.760. The van der Waals surface area contributed by atoms with E-state index in [0.717, 1.165) is 6.54 Å². The van der Waals surface area contributed by atoms with Gasteiger partial charge in [-0.05, 0) is 31.2 Å². The predicted molar refractivity (Wildman–Crippen MR) is 88.7 cm³/mol. The monoisotopic (exact) mass is 308 g/mol. The number of hydrogen-bond acceptors (Lipinski definition) is 4. The van der Waals surface area contributed by atoms with Gasteiger partial charge in [-0.25, -0.2) is 0 Å². The van der Waals surface area contributed by atoms with Crippen molar-refractivity contribution in [3.63, 3.8) is 0 Å². The highest BCUT2D eigenvalue weighted by Crippen LogP contribution is 2.39. The SMILES string of the molecule is CSC1(CNC(=O)CCOc2cccc(N)c2)CCCC1. The summed E-state index contributed by atoms with van der Waals surface area (Å²) in [6, 6.07) is 7.25. The van der Waals surface area contributed by atoms with E-state index in [9.17, 15) is 4.79 Å². The molecule has 1 aromatic carbocycles. The van der Waals surface area contributed by atoms with E-state index in [2.05, 4.69) is 11.6 Å². The third-order valence-corrected chi connectivity index (χ3v) is 5.43. The molecule has 0 saturated heterocycles. The second-order valence-electron chi connectivity index (χ2n) is 5.54. The largest absolute Gasteiger partial charge is 0.493 e. The average Bonchev–Trinajstić information content (AvgIpc) is 2.95. The molecule has 0 atom stereocenters. The fourth-order valence-corrected chi connectivity index (χ4v) is 3.60. The number of amides is 1. The number of benzene rings is 1. The lowest BCUT2D eigenvalue weighted by atomic mass is 10.1. The normalized spacial score (nSPS) is 16.6. The van der Waals surface area contributed by atoms with Gasteiger partial charge in [0.15, 0.2) is 0 Å². The van der Waals surface area contributed by atoms with Crippen LogP contribution in [-0.2, 0) is 4.79 Å². The Morgan fingerprint density at radius 1 is 1.43 bits per heavy atom. The topological polar surface area (TPSA) is 64.3 Å². The van der Waals surface area contributed by atoms with Crippen molar-refractivity contribution in [3.05, 3.63) is 24.3 Å². The minimum absolute atomic E-state index is 0.0548. The van der Waals surface area contributed by atoms with Gasteiger partial charge in [0.2, 0.25) is 5.91 Å². The predicted octanol–water partition coefficient (Wildman–Crippen LogP) is 2.83. The van der Waals surface area contributed by atoms with Gasteiger partial charge < -0.3 is 15.8 Å². The van der Waals surface area contributed by atoms with Crippen LogP contribution < -0.4 is 15.8 Å².